The van der Waals surface area contributed by atoms with Crippen molar-refractivity contribution in [1.29, 1.82) is 0 Å². The maximum absolute atomic E-state index is 13.3. The molecule has 112 valence electrons. The first-order valence-electron chi connectivity index (χ1n) is 6.53. The van der Waals surface area contributed by atoms with Gasteiger partial charge in [-0.05, 0) is 37.5 Å². The number of benzene rings is 1. The number of anilines is 1. The number of nitrogens with one attached hydrogen (secondary N) is 2. The van der Waals surface area contributed by atoms with E-state index in [1.807, 2.05) is 0 Å². The summed E-state index contributed by atoms with van der Waals surface area (Å²) in [6.07, 6.45) is 2.34. The molecule has 0 aromatic heterocycles. The van der Waals surface area contributed by atoms with Gasteiger partial charge in [0.2, 0.25) is 5.91 Å². The van der Waals surface area contributed by atoms with Crippen LogP contribution in [0.3, 0.4) is 0 Å². The van der Waals surface area contributed by atoms with E-state index in [1.165, 1.54) is 6.07 Å². The molecule has 1 aromatic rings. The minimum Gasteiger partial charge on any atom is -0.377 e. The average Bonchev–Trinajstić information content (AvgIpc) is 2.87. The van der Waals surface area contributed by atoms with Gasteiger partial charge >= 0.3 is 0 Å². The molecule has 2 rings (SSSR count). The minimum atomic E-state index is -0.315. The van der Waals surface area contributed by atoms with Crippen molar-refractivity contribution in [3.8, 4) is 0 Å². The minimum absolute atomic E-state index is 0. The molecule has 2 N–H and O–H groups in total. The van der Waals surface area contributed by atoms with Gasteiger partial charge in [0, 0.05) is 18.8 Å². The largest absolute Gasteiger partial charge is 0.377 e. The summed E-state index contributed by atoms with van der Waals surface area (Å²) in [5.74, 6) is -0.494. The number of aryl methyl sites for hydroxylation is 1. The molecule has 1 unspecified atom stereocenters. The fourth-order valence-corrected chi connectivity index (χ4v) is 2.03. The average molecular weight is 303 g/mol. The van der Waals surface area contributed by atoms with Crippen LogP contribution in [0.5, 0.6) is 0 Å². The molecule has 0 bridgehead atoms. The number of halogens is 2. The van der Waals surface area contributed by atoms with Crippen LogP contribution >= 0.6 is 12.4 Å². The third kappa shape index (κ3) is 5.07. The van der Waals surface area contributed by atoms with Crippen LogP contribution in [0.1, 0.15) is 18.4 Å². The molecule has 0 radical (unpaired) electrons. The van der Waals surface area contributed by atoms with Gasteiger partial charge < -0.3 is 15.4 Å². The second-order valence-corrected chi connectivity index (χ2v) is 4.78. The van der Waals surface area contributed by atoms with Crippen molar-refractivity contribution < 1.29 is 13.9 Å². The van der Waals surface area contributed by atoms with Crippen LogP contribution in [0, 0.1) is 12.7 Å². The Hall–Kier alpha value is -1.17. The van der Waals surface area contributed by atoms with Gasteiger partial charge in [-0.25, -0.2) is 4.39 Å². The molecule has 1 amide bonds. The van der Waals surface area contributed by atoms with Gasteiger partial charge in [0.25, 0.3) is 0 Å². The molecule has 1 fully saturated rings. The molecule has 6 heteroatoms. The Labute approximate surface area is 124 Å². The predicted octanol–water partition coefficient (Wildman–Crippen LogP) is 2.26. The van der Waals surface area contributed by atoms with Gasteiger partial charge in [-0.1, -0.05) is 6.07 Å². The highest BCUT2D eigenvalue weighted by Crippen LogP contribution is 2.13. The van der Waals surface area contributed by atoms with Crippen LogP contribution in [0.2, 0.25) is 0 Å². The predicted molar refractivity (Wildman–Crippen MR) is 78.9 cm³/mol. The van der Waals surface area contributed by atoms with E-state index in [2.05, 4.69) is 10.6 Å². The van der Waals surface area contributed by atoms with Crippen LogP contribution in [0.4, 0.5) is 10.1 Å². The Kier molecular flexibility index (Phi) is 6.91. The number of amides is 1. The molecule has 1 aliphatic rings. The molecular weight excluding hydrogens is 283 g/mol. The van der Waals surface area contributed by atoms with Crippen LogP contribution in [-0.4, -0.2) is 31.7 Å². The Morgan fingerprint density at radius 2 is 2.30 bits per heavy atom. The van der Waals surface area contributed by atoms with E-state index in [1.54, 1.807) is 19.1 Å². The zero-order chi connectivity index (χ0) is 13.7. The molecule has 20 heavy (non-hydrogen) atoms. The second kappa shape index (κ2) is 8.19. The van der Waals surface area contributed by atoms with Crippen molar-refractivity contribution >= 4 is 24.0 Å². The Balaban J connectivity index is 0.00000200. The van der Waals surface area contributed by atoms with Crippen LogP contribution in [0.15, 0.2) is 18.2 Å². The highest BCUT2D eigenvalue weighted by Gasteiger charge is 2.15. The molecule has 4 nitrogen and oxygen atoms in total. The zero-order valence-electron chi connectivity index (χ0n) is 11.4. The summed E-state index contributed by atoms with van der Waals surface area (Å²) < 4.78 is 18.7. The number of carbonyl (C=O) groups excluding carboxylic acids is 1. The van der Waals surface area contributed by atoms with E-state index in [0.717, 1.165) is 19.4 Å². The zero-order valence-corrected chi connectivity index (χ0v) is 12.3. The van der Waals surface area contributed by atoms with Crippen molar-refractivity contribution in [2.24, 2.45) is 0 Å². The first-order valence-corrected chi connectivity index (χ1v) is 6.53. The smallest absolute Gasteiger partial charge is 0.238 e. The first-order chi connectivity index (χ1) is 9.15. The van der Waals surface area contributed by atoms with Gasteiger partial charge in [-0.3, -0.25) is 4.79 Å². The molecule has 0 aliphatic carbocycles. The number of carbonyl (C=O) groups is 1. The van der Waals surface area contributed by atoms with Crippen molar-refractivity contribution in [2.75, 3.05) is 25.0 Å². The van der Waals surface area contributed by atoms with Crippen LogP contribution < -0.4 is 10.6 Å². The standard InChI is InChI=1S/C14H19FN2O2.ClH/c1-10-4-5-11(7-13(10)15)17-14(18)9-16-8-12-3-2-6-19-12;/h4-5,7,12,16H,2-3,6,8-9H2,1H3,(H,17,18);1H. The van der Waals surface area contributed by atoms with E-state index < -0.39 is 0 Å². The summed E-state index contributed by atoms with van der Waals surface area (Å²) in [4.78, 5) is 11.6. The lowest BCUT2D eigenvalue weighted by Crippen LogP contribution is -2.33. The topological polar surface area (TPSA) is 50.4 Å². The summed E-state index contributed by atoms with van der Waals surface area (Å²) in [5, 5.41) is 5.70. The summed E-state index contributed by atoms with van der Waals surface area (Å²) in [5.41, 5.74) is 1.04. The lowest BCUT2D eigenvalue weighted by Gasteiger charge is -2.11. The maximum Gasteiger partial charge on any atom is 0.238 e. The molecule has 1 atom stereocenters. The van der Waals surface area contributed by atoms with Gasteiger partial charge in [-0.15, -0.1) is 12.4 Å². The molecule has 0 saturated carbocycles. The molecular formula is C14H20ClFN2O2. The fourth-order valence-electron chi connectivity index (χ4n) is 2.03. The summed E-state index contributed by atoms with van der Waals surface area (Å²) in [6.45, 7) is 3.37. The molecule has 1 saturated heterocycles. The molecule has 0 spiro atoms. The molecule has 1 aliphatic heterocycles. The number of rotatable bonds is 5. The first kappa shape index (κ1) is 16.9. The third-order valence-corrected chi connectivity index (χ3v) is 3.14. The van der Waals surface area contributed by atoms with Gasteiger partial charge in [0.15, 0.2) is 0 Å². The van der Waals surface area contributed by atoms with Crippen molar-refractivity contribution in [3.05, 3.63) is 29.6 Å². The summed E-state index contributed by atoms with van der Waals surface area (Å²) in [6, 6.07) is 4.66. The number of ether oxygens (including phenoxy) is 1. The lowest BCUT2D eigenvalue weighted by atomic mass is 10.2. The van der Waals surface area contributed by atoms with Crippen molar-refractivity contribution in [3.63, 3.8) is 0 Å². The maximum atomic E-state index is 13.3. The van der Waals surface area contributed by atoms with E-state index in [4.69, 9.17) is 4.74 Å². The van der Waals surface area contributed by atoms with E-state index in [-0.39, 0.29) is 36.8 Å². The summed E-state index contributed by atoms with van der Waals surface area (Å²) >= 11 is 0. The molecule has 1 heterocycles. The Morgan fingerprint density at radius 3 is 2.95 bits per heavy atom. The van der Waals surface area contributed by atoms with E-state index in [9.17, 15) is 9.18 Å². The fraction of sp³-hybridized carbons (Fsp3) is 0.500. The van der Waals surface area contributed by atoms with E-state index in [0.29, 0.717) is 17.8 Å². The Bertz CT molecular complexity index is 451. The monoisotopic (exact) mass is 302 g/mol. The van der Waals surface area contributed by atoms with Crippen molar-refractivity contribution in [2.45, 2.75) is 25.9 Å². The molecule has 1 aromatic carbocycles. The highest BCUT2D eigenvalue weighted by atomic mass is 35.5. The van der Waals surface area contributed by atoms with E-state index >= 15 is 0 Å². The van der Waals surface area contributed by atoms with Gasteiger partial charge in [-0.2, -0.15) is 0 Å². The normalized spacial score (nSPS) is 17.6. The highest BCUT2D eigenvalue weighted by molar-refractivity contribution is 5.92. The number of hydrogen-bond donors (Lipinski definition) is 2. The summed E-state index contributed by atoms with van der Waals surface area (Å²) in [7, 11) is 0. The third-order valence-electron chi connectivity index (χ3n) is 3.14. The second-order valence-electron chi connectivity index (χ2n) is 4.78. The SMILES string of the molecule is Cc1ccc(NC(=O)CNCC2CCCO2)cc1F.Cl. The van der Waals surface area contributed by atoms with Gasteiger partial charge in [0.1, 0.15) is 5.82 Å². The van der Waals surface area contributed by atoms with Crippen LogP contribution in [0.25, 0.3) is 0 Å². The van der Waals surface area contributed by atoms with Gasteiger partial charge in [0.05, 0.1) is 12.6 Å². The quantitative estimate of drug-likeness (QED) is 0.877. The number of hydrogen-bond acceptors (Lipinski definition) is 3. The van der Waals surface area contributed by atoms with Crippen molar-refractivity contribution in [1.82, 2.24) is 5.32 Å². The van der Waals surface area contributed by atoms with Crippen LogP contribution in [-0.2, 0) is 9.53 Å². The lowest BCUT2D eigenvalue weighted by molar-refractivity contribution is -0.115. The Morgan fingerprint density at radius 1 is 1.50 bits per heavy atom.